The fourth-order valence-electron chi connectivity index (χ4n) is 1.16. The Morgan fingerprint density at radius 1 is 1.24 bits per heavy atom. The Bertz CT molecular complexity index is 373. The van der Waals surface area contributed by atoms with Crippen LogP contribution in [0, 0.1) is 0 Å². The van der Waals surface area contributed by atoms with Gasteiger partial charge in [0, 0.05) is 10.6 Å². The van der Waals surface area contributed by atoms with Gasteiger partial charge in [-0.1, -0.05) is 12.1 Å². The molecule has 0 aliphatic heterocycles. The standard InChI is InChI=1S/C11H11F3O2S/c12-11(13,14)5-6-17-9-3-1-8(2-4-9)7-10(15)16/h1-4H,5-7H2,(H,15,16). The normalized spacial score (nSPS) is 11.5. The van der Waals surface area contributed by atoms with Crippen molar-refractivity contribution in [1.82, 2.24) is 0 Å². The van der Waals surface area contributed by atoms with Crippen LogP contribution in [0.5, 0.6) is 0 Å². The van der Waals surface area contributed by atoms with Crippen LogP contribution in [0.25, 0.3) is 0 Å². The van der Waals surface area contributed by atoms with Gasteiger partial charge in [-0.3, -0.25) is 4.79 Å². The molecule has 0 heterocycles. The minimum atomic E-state index is -4.13. The van der Waals surface area contributed by atoms with Gasteiger partial charge in [-0.25, -0.2) is 0 Å². The molecule has 1 aromatic rings. The van der Waals surface area contributed by atoms with Gasteiger partial charge in [0.1, 0.15) is 0 Å². The molecule has 17 heavy (non-hydrogen) atoms. The number of halogens is 3. The molecule has 1 aromatic carbocycles. The molecule has 94 valence electrons. The molecule has 0 bridgehead atoms. The summed E-state index contributed by atoms with van der Waals surface area (Å²) in [7, 11) is 0. The monoisotopic (exact) mass is 264 g/mol. The molecule has 0 saturated carbocycles. The number of thioether (sulfide) groups is 1. The highest BCUT2D eigenvalue weighted by Gasteiger charge is 2.26. The fraction of sp³-hybridized carbons (Fsp3) is 0.364. The number of rotatable bonds is 5. The topological polar surface area (TPSA) is 37.3 Å². The molecule has 0 unspecified atom stereocenters. The molecule has 0 atom stereocenters. The summed E-state index contributed by atoms with van der Waals surface area (Å²) in [5.74, 6) is -0.954. The molecule has 0 fully saturated rings. The van der Waals surface area contributed by atoms with E-state index in [0.29, 0.717) is 10.5 Å². The Balaban J connectivity index is 2.43. The minimum absolute atomic E-state index is 0.0260. The van der Waals surface area contributed by atoms with Crippen LogP contribution >= 0.6 is 11.8 Å². The number of carbonyl (C=O) groups is 1. The molecule has 0 saturated heterocycles. The van der Waals surface area contributed by atoms with Crippen LogP contribution in [0.2, 0.25) is 0 Å². The van der Waals surface area contributed by atoms with Crippen molar-refractivity contribution >= 4 is 17.7 Å². The quantitative estimate of drug-likeness (QED) is 0.828. The van der Waals surface area contributed by atoms with Crippen LogP contribution in [0.3, 0.4) is 0 Å². The average Bonchev–Trinajstić information content (AvgIpc) is 2.18. The number of carboxylic acids is 1. The van der Waals surface area contributed by atoms with E-state index in [0.717, 1.165) is 11.8 Å². The maximum atomic E-state index is 11.9. The van der Waals surface area contributed by atoms with Crippen molar-refractivity contribution in [2.45, 2.75) is 23.9 Å². The van der Waals surface area contributed by atoms with Crippen molar-refractivity contribution < 1.29 is 23.1 Å². The maximum absolute atomic E-state index is 11.9. The van der Waals surface area contributed by atoms with E-state index in [1.165, 1.54) is 0 Å². The van der Waals surface area contributed by atoms with E-state index in [2.05, 4.69) is 0 Å². The average molecular weight is 264 g/mol. The lowest BCUT2D eigenvalue weighted by molar-refractivity contribution is -0.136. The Labute approximate surface area is 101 Å². The molecule has 0 aliphatic carbocycles. The molecule has 0 aliphatic rings. The largest absolute Gasteiger partial charge is 0.481 e. The number of benzene rings is 1. The van der Waals surface area contributed by atoms with E-state index in [4.69, 9.17) is 5.11 Å². The van der Waals surface area contributed by atoms with Gasteiger partial charge < -0.3 is 5.11 Å². The molecular formula is C11H11F3O2S. The number of carboxylic acid groups (broad SMARTS) is 1. The van der Waals surface area contributed by atoms with Gasteiger partial charge in [-0.15, -0.1) is 11.8 Å². The van der Waals surface area contributed by atoms with E-state index in [9.17, 15) is 18.0 Å². The first-order valence-electron chi connectivity index (χ1n) is 4.87. The molecule has 0 aromatic heterocycles. The number of hydrogen-bond donors (Lipinski definition) is 1. The summed E-state index contributed by atoms with van der Waals surface area (Å²) in [5, 5.41) is 8.54. The van der Waals surface area contributed by atoms with Gasteiger partial charge in [-0.05, 0) is 17.7 Å². The summed E-state index contributed by atoms with van der Waals surface area (Å²) in [5.41, 5.74) is 0.637. The SMILES string of the molecule is O=C(O)Cc1ccc(SCCC(F)(F)F)cc1. The molecular weight excluding hydrogens is 253 g/mol. The Hall–Kier alpha value is -1.17. The van der Waals surface area contributed by atoms with E-state index >= 15 is 0 Å². The van der Waals surface area contributed by atoms with Crippen molar-refractivity contribution in [3.8, 4) is 0 Å². The smallest absolute Gasteiger partial charge is 0.389 e. The third-order valence-corrected chi connectivity index (χ3v) is 2.95. The highest BCUT2D eigenvalue weighted by Crippen LogP contribution is 2.26. The zero-order chi connectivity index (χ0) is 12.9. The van der Waals surface area contributed by atoms with Crippen molar-refractivity contribution in [3.63, 3.8) is 0 Å². The lowest BCUT2D eigenvalue weighted by Crippen LogP contribution is -2.07. The fourth-order valence-corrected chi connectivity index (χ4v) is 2.06. The number of alkyl halides is 3. The first-order valence-corrected chi connectivity index (χ1v) is 5.86. The molecule has 6 heteroatoms. The van der Waals surface area contributed by atoms with Crippen LogP contribution in [-0.4, -0.2) is 23.0 Å². The first-order chi connectivity index (χ1) is 7.87. The van der Waals surface area contributed by atoms with Crippen molar-refractivity contribution in [2.24, 2.45) is 0 Å². The summed E-state index contributed by atoms with van der Waals surface area (Å²) in [6, 6.07) is 6.51. The molecule has 0 radical (unpaired) electrons. The minimum Gasteiger partial charge on any atom is -0.481 e. The summed E-state index contributed by atoms with van der Waals surface area (Å²) in [6.07, 6.45) is -5.03. The van der Waals surface area contributed by atoms with Gasteiger partial charge in [0.05, 0.1) is 12.8 Å². The van der Waals surface area contributed by atoms with Crippen LogP contribution < -0.4 is 0 Å². The zero-order valence-electron chi connectivity index (χ0n) is 8.83. The second-order valence-corrected chi connectivity index (χ2v) is 4.60. The van der Waals surface area contributed by atoms with E-state index in [-0.39, 0.29) is 12.2 Å². The van der Waals surface area contributed by atoms with Gasteiger partial charge in [0.2, 0.25) is 0 Å². The summed E-state index contributed by atoms with van der Waals surface area (Å²) in [4.78, 5) is 11.1. The molecule has 0 amide bonds. The van der Waals surface area contributed by atoms with Crippen molar-refractivity contribution in [3.05, 3.63) is 29.8 Å². The Morgan fingerprint density at radius 3 is 2.29 bits per heavy atom. The summed E-state index contributed by atoms with van der Waals surface area (Å²) in [6.45, 7) is 0. The second-order valence-electron chi connectivity index (χ2n) is 3.43. The number of hydrogen-bond acceptors (Lipinski definition) is 2. The molecule has 1 rings (SSSR count). The molecule has 1 N–H and O–H groups in total. The van der Waals surface area contributed by atoms with Crippen LogP contribution in [0.1, 0.15) is 12.0 Å². The van der Waals surface area contributed by atoms with Crippen LogP contribution in [0.15, 0.2) is 29.2 Å². The summed E-state index contributed by atoms with van der Waals surface area (Å²) < 4.78 is 35.7. The van der Waals surface area contributed by atoms with Gasteiger partial charge in [0.15, 0.2) is 0 Å². The van der Waals surface area contributed by atoms with E-state index in [1.807, 2.05) is 0 Å². The van der Waals surface area contributed by atoms with Crippen LogP contribution in [0.4, 0.5) is 13.2 Å². The van der Waals surface area contributed by atoms with Crippen LogP contribution in [-0.2, 0) is 11.2 Å². The van der Waals surface area contributed by atoms with Gasteiger partial charge in [0.25, 0.3) is 0 Å². The first kappa shape index (κ1) is 13.9. The number of aliphatic carboxylic acids is 1. The third-order valence-electron chi connectivity index (χ3n) is 1.93. The Kier molecular flexibility index (Phi) is 4.86. The zero-order valence-corrected chi connectivity index (χ0v) is 9.64. The predicted octanol–water partition coefficient (Wildman–Crippen LogP) is 3.36. The highest BCUT2D eigenvalue weighted by atomic mass is 32.2. The lowest BCUT2D eigenvalue weighted by Gasteiger charge is -2.06. The van der Waals surface area contributed by atoms with Gasteiger partial charge in [-0.2, -0.15) is 13.2 Å². The second kappa shape index (κ2) is 5.95. The van der Waals surface area contributed by atoms with E-state index in [1.54, 1.807) is 24.3 Å². The predicted molar refractivity (Wildman–Crippen MR) is 59.2 cm³/mol. The maximum Gasteiger partial charge on any atom is 0.389 e. The van der Waals surface area contributed by atoms with Crippen molar-refractivity contribution in [1.29, 1.82) is 0 Å². The van der Waals surface area contributed by atoms with E-state index < -0.39 is 18.6 Å². The van der Waals surface area contributed by atoms with Crippen molar-refractivity contribution in [2.75, 3.05) is 5.75 Å². The Morgan fingerprint density at radius 2 is 1.82 bits per heavy atom. The highest BCUT2D eigenvalue weighted by molar-refractivity contribution is 7.99. The molecule has 2 nitrogen and oxygen atoms in total. The third kappa shape index (κ3) is 6.21. The summed E-state index contributed by atoms with van der Waals surface area (Å²) >= 11 is 1.11. The molecule has 0 spiro atoms. The van der Waals surface area contributed by atoms with Gasteiger partial charge >= 0.3 is 12.1 Å². The lowest BCUT2D eigenvalue weighted by atomic mass is 10.2.